The first-order valence-corrected chi connectivity index (χ1v) is 7.43. The molecule has 0 aliphatic carbocycles. The summed E-state index contributed by atoms with van der Waals surface area (Å²) in [5.74, 6) is -1.97. The van der Waals surface area contributed by atoms with E-state index in [0.717, 1.165) is 6.07 Å². The minimum atomic E-state index is -0.758. The molecule has 0 aliphatic rings. The number of hydrogen-bond donors (Lipinski definition) is 2. The van der Waals surface area contributed by atoms with Crippen LogP contribution in [0.2, 0.25) is 10.0 Å². The maximum absolute atomic E-state index is 13.6. The SMILES string of the molecule is Cc1c(Cl)cccc1NC(=O)CNC(=O)c1c(F)cccc1Cl. The summed E-state index contributed by atoms with van der Waals surface area (Å²) in [6.07, 6.45) is 0. The van der Waals surface area contributed by atoms with E-state index in [-0.39, 0.29) is 17.1 Å². The van der Waals surface area contributed by atoms with Crippen molar-refractivity contribution in [3.05, 3.63) is 63.4 Å². The number of nitrogens with one attached hydrogen (secondary N) is 2. The smallest absolute Gasteiger partial charge is 0.256 e. The van der Waals surface area contributed by atoms with Gasteiger partial charge < -0.3 is 10.6 Å². The van der Waals surface area contributed by atoms with E-state index in [1.807, 2.05) is 0 Å². The molecule has 0 saturated heterocycles. The van der Waals surface area contributed by atoms with E-state index in [2.05, 4.69) is 10.6 Å². The fourth-order valence-corrected chi connectivity index (χ4v) is 2.32. The Kier molecular flexibility index (Phi) is 5.58. The summed E-state index contributed by atoms with van der Waals surface area (Å²) in [5, 5.41) is 5.45. The van der Waals surface area contributed by atoms with Gasteiger partial charge in [0.1, 0.15) is 5.82 Å². The highest BCUT2D eigenvalue weighted by Gasteiger charge is 2.16. The van der Waals surface area contributed by atoms with E-state index >= 15 is 0 Å². The van der Waals surface area contributed by atoms with Gasteiger partial charge in [-0.2, -0.15) is 0 Å². The maximum Gasteiger partial charge on any atom is 0.256 e. The van der Waals surface area contributed by atoms with E-state index in [1.165, 1.54) is 12.1 Å². The monoisotopic (exact) mass is 354 g/mol. The molecule has 0 heterocycles. The number of halogens is 3. The third-order valence-electron chi connectivity index (χ3n) is 3.14. The van der Waals surface area contributed by atoms with Gasteiger partial charge in [0, 0.05) is 10.7 Å². The Balaban J connectivity index is 1.99. The number of rotatable bonds is 4. The molecule has 2 aromatic rings. The van der Waals surface area contributed by atoms with Gasteiger partial charge in [0.25, 0.3) is 5.91 Å². The summed E-state index contributed by atoms with van der Waals surface area (Å²) < 4.78 is 13.6. The molecule has 0 spiro atoms. The molecule has 120 valence electrons. The topological polar surface area (TPSA) is 58.2 Å². The molecule has 23 heavy (non-hydrogen) atoms. The lowest BCUT2D eigenvalue weighted by molar-refractivity contribution is -0.115. The van der Waals surface area contributed by atoms with Crippen molar-refractivity contribution in [3.63, 3.8) is 0 Å². The summed E-state index contributed by atoms with van der Waals surface area (Å²) in [4.78, 5) is 23.8. The normalized spacial score (nSPS) is 10.3. The molecule has 2 amide bonds. The van der Waals surface area contributed by atoms with Gasteiger partial charge in [-0.3, -0.25) is 9.59 Å². The molecule has 0 aromatic heterocycles. The van der Waals surface area contributed by atoms with Crippen LogP contribution in [0.15, 0.2) is 36.4 Å². The zero-order valence-corrected chi connectivity index (χ0v) is 13.6. The molecule has 0 fully saturated rings. The fourth-order valence-electron chi connectivity index (χ4n) is 1.90. The maximum atomic E-state index is 13.6. The van der Waals surface area contributed by atoms with Crippen molar-refractivity contribution in [2.75, 3.05) is 11.9 Å². The number of carbonyl (C=O) groups is 2. The average molecular weight is 355 g/mol. The highest BCUT2D eigenvalue weighted by atomic mass is 35.5. The van der Waals surface area contributed by atoms with E-state index < -0.39 is 17.6 Å². The molecular weight excluding hydrogens is 342 g/mol. The van der Waals surface area contributed by atoms with Gasteiger partial charge in [-0.05, 0) is 36.8 Å². The van der Waals surface area contributed by atoms with Crippen molar-refractivity contribution in [3.8, 4) is 0 Å². The Hall–Kier alpha value is -2.11. The Morgan fingerprint density at radius 1 is 1.09 bits per heavy atom. The summed E-state index contributed by atoms with van der Waals surface area (Å²) >= 11 is 11.8. The molecule has 0 atom stereocenters. The van der Waals surface area contributed by atoms with Crippen LogP contribution < -0.4 is 10.6 Å². The number of hydrogen-bond acceptors (Lipinski definition) is 2. The Labute approximate surface area is 142 Å². The van der Waals surface area contributed by atoms with E-state index in [1.54, 1.807) is 25.1 Å². The number of benzene rings is 2. The lowest BCUT2D eigenvalue weighted by Crippen LogP contribution is -2.33. The molecule has 2 N–H and O–H groups in total. The van der Waals surface area contributed by atoms with Crippen molar-refractivity contribution in [2.24, 2.45) is 0 Å². The minimum absolute atomic E-state index is 0.0198. The molecule has 2 rings (SSSR count). The molecular formula is C16H13Cl2FN2O2. The number of amides is 2. The van der Waals surface area contributed by atoms with E-state index in [0.29, 0.717) is 16.3 Å². The second kappa shape index (κ2) is 7.44. The Morgan fingerprint density at radius 3 is 2.43 bits per heavy atom. The molecule has 0 unspecified atom stereocenters. The van der Waals surface area contributed by atoms with Crippen molar-refractivity contribution < 1.29 is 14.0 Å². The lowest BCUT2D eigenvalue weighted by atomic mass is 10.2. The average Bonchev–Trinajstić information content (AvgIpc) is 2.49. The third-order valence-corrected chi connectivity index (χ3v) is 3.87. The van der Waals surface area contributed by atoms with Gasteiger partial charge >= 0.3 is 0 Å². The molecule has 4 nitrogen and oxygen atoms in total. The zero-order chi connectivity index (χ0) is 17.0. The second-order valence-electron chi connectivity index (χ2n) is 4.74. The lowest BCUT2D eigenvalue weighted by Gasteiger charge is -2.11. The third kappa shape index (κ3) is 4.21. The van der Waals surface area contributed by atoms with Crippen LogP contribution in [-0.4, -0.2) is 18.4 Å². The predicted molar refractivity (Wildman–Crippen MR) is 88.6 cm³/mol. The number of carbonyl (C=O) groups excluding carboxylic acids is 2. The summed E-state index contributed by atoms with van der Waals surface area (Å²) in [7, 11) is 0. The van der Waals surface area contributed by atoms with Crippen molar-refractivity contribution in [2.45, 2.75) is 6.92 Å². The summed E-state index contributed by atoms with van der Waals surface area (Å²) in [5.41, 5.74) is 0.965. The van der Waals surface area contributed by atoms with Crippen LogP contribution in [0.25, 0.3) is 0 Å². The Bertz CT molecular complexity index is 745. The fraction of sp³-hybridized carbons (Fsp3) is 0.125. The van der Waals surface area contributed by atoms with Crippen molar-refractivity contribution >= 4 is 40.7 Å². The predicted octanol–water partition coefficient (Wildman–Crippen LogP) is 3.81. The molecule has 2 aromatic carbocycles. The van der Waals surface area contributed by atoms with Gasteiger partial charge in [0.05, 0.1) is 17.1 Å². The van der Waals surface area contributed by atoms with Crippen LogP contribution in [0.3, 0.4) is 0 Å². The molecule has 7 heteroatoms. The van der Waals surface area contributed by atoms with Crippen LogP contribution in [0.4, 0.5) is 10.1 Å². The second-order valence-corrected chi connectivity index (χ2v) is 5.55. The van der Waals surface area contributed by atoms with Crippen LogP contribution >= 0.6 is 23.2 Å². The van der Waals surface area contributed by atoms with Crippen LogP contribution in [0, 0.1) is 12.7 Å². The standard InChI is InChI=1S/C16H13Cl2FN2O2/c1-9-10(17)4-3-7-13(9)21-14(22)8-20-16(23)15-11(18)5-2-6-12(15)19/h2-7H,8H2,1H3,(H,20,23)(H,21,22). The van der Waals surface area contributed by atoms with Gasteiger partial charge in [-0.15, -0.1) is 0 Å². The zero-order valence-electron chi connectivity index (χ0n) is 12.1. The van der Waals surface area contributed by atoms with E-state index in [9.17, 15) is 14.0 Å². The summed E-state index contributed by atoms with van der Waals surface area (Å²) in [6, 6.07) is 9.00. The van der Waals surface area contributed by atoms with Crippen LogP contribution in [-0.2, 0) is 4.79 Å². The highest BCUT2D eigenvalue weighted by molar-refractivity contribution is 6.34. The Morgan fingerprint density at radius 2 is 1.74 bits per heavy atom. The largest absolute Gasteiger partial charge is 0.343 e. The van der Waals surface area contributed by atoms with Crippen LogP contribution in [0.1, 0.15) is 15.9 Å². The quantitative estimate of drug-likeness (QED) is 0.876. The molecule has 0 saturated carbocycles. The minimum Gasteiger partial charge on any atom is -0.343 e. The molecule has 0 radical (unpaired) electrons. The number of anilines is 1. The van der Waals surface area contributed by atoms with Crippen molar-refractivity contribution in [1.82, 2.24) is 5.32 Å². The highest BCUT2D eigenvalue weighted by Crippen LogP contribution is 2.22. The van der Waals surface area contributed by atoms with E-state index in [4.69, 9.17) is 23.2 Å². The van der Waals surface area contributed by atoms with Crippen molar-refractivity contribution in [1.29, 1.82) is 0 Å². The first kappa shape index (κ1) is 17.2. The summed E-state index contributed by atoms with van der Waals surface area (Å²) in [6.45, 7) is 1.44. The van der Waals surface area contributed by atoms with Gasteiger partial charge in [-0.1, -0.05) is 35.3 Å². The molecule has 0 aliphatic heterocycles. The van der Waals surface area contributed by atoms with Crippen LogP contribution in [0.5, 0.6) is 0 Å². The molecule has 0 bridgehead atoms. The first-order chi connectivity index (χ1) is 10.9. The van der Waals surface area contributed by atoms with Gasteiger partial charge in [0.2, 0.25) is 5.91 Å². The first-order valence-electron chi connectivity index (χ1n) is 6.67. The van der Waals surface area contributed by atoms with Gasteiger partial charge in [0.15, 0.2) is 0 Å². The van der Waals surface area contributed by atoms with Gasteiger partial charge in [-0.25, -0.2) is 4.39 Å².